The Labute approximate surface area is 136 Å². The molecule has 1 saturated heterocycles. The number of anilines is 1. The zero-order valence-corrected chi connectivity index (χ0v) is 12.7. The summed E-state index contributed by atoms with van der Waals surface area (Å²) in [5.74, 6) is -3.60. The summed E-state index contributed by atoms with van der Waals surface area (Å²) in [4.78, 5) is 36.4. The molecule has 2 amide bonds. The van der Waals surface area contributed by atoms with Gasteiger partial charge in [0.15, 0.2) is 0 Å². The average Bonchev–Trinajstić information content (AvgIpc) is 3.23. The molecule has 3 rings (SSSR count). The Kier molecular flexibility index (Phi) is 3.97. The maximum atomic E-state index is 13.5. The van der Waals surface area contributed by atoms with Crippen LogP contribution in [0.1, 0.15) is 12.8 Å². The molecule has 1 saturated carbocycles. The lowest BCUT2D eigenvalue weighted by molar-refractivity contribution is -0.140. The maximum absolute atomic E-state index is 13.5. The highest BCUT2D eigenvalue weighted by atomic mass is 35.5. The summed E-state index contributed by atoms with van der Waals surface area (Å²) in [7, 11) is 0. The summed E-state index contributed by atoms with van der Waals surface area (Å²) in [5, 5.41) is 11.4. The number of carboxylic acid groups (broad SMARTS) is 1. The van der Waals surface area contributed by atoms with Gasteiger partial charge >= 0.3 is 5.97 Å². The molecular weight excluding hydrogens is 327 g/mol. The molecule has 23 heavy (non-hydrogen) atoms. The van der Waals surface area contributed by atoms with Gasteiger partial charge in [-0.15, -0.1) is 0 Å². The highest BCUT2D eigenvalue weighted by molar-refractivity contribution is 6.30. The fraction of sp³-hybridized carbons (Fsp3) is 0.400. The van der Waals surface area contributed by atoms with Crippen molar-refractivity contribution < 1.29 is 23.9 Å². The quantitative estimate of drug-likeness (QED) is 0.868. The van der Waals surface area contributed by atoms with E-state index in [2.05, 4.69) is 5.32 Å². The van der Waals surface area contributed by atoms with Gasteiger partial charge < -0.3 is 15.3 Å². The number of halogens is 2. The molecule has 2 fully saturated rings. The van der Waals surface area contributed by atoms with Crippen LogP contribution < -0.4 is 10.2 Å². The van der Waals surface area contributed by atoms with E-state index in [1.54, 1.807) is 0 Å². The predicted octanol–water partition coefficient (Wildman–Crippen LogP) is 1.42. The van der Waals surface area contributed by atoms with Gasteiger partial charge in [0, 0.05) is 12.2 Å². The lowest BCUT2D eigenvalue weighted by atomic mass is 10.2. The molecule has 2 aliphatic rings. The van der Waals surface area contributed by atoms with Crippen molar-refractivity contribution in [3.8, 4) is 0 Å². The lowest BCUT2D eigenvalue weighted by Crippen LogP contribution is -2.42. The smallest absolute Gasteiger partial charge is 0.307 e. The number of rotatable bonds is 4. The van der Waals surface area contributed by atoms with Crippen LogP contribution in [0.25, 0.3) is 0 Å². The number of aliphatic carboxylic acids is 1. The van der Waals surface area contributed by atoms with Crippen molar-refractivity contribution in [3.63, 3.8) is 0 Å². The van der Waals surface area contributed by atoms with Crippen LogP contribution in [0.3, 0.4) is 0 Å². The van der Waals surface area contributed by atoms with Gasteiger partial charge in [0.1, 0.15) is 11.9 Å². The maximum Gasteiger partial charge on any atom is 0.307 e. The number of amides is 2. The molecule has 3 unspecified atom stereocenters. The Bertz CT molecular complexity index is 696. The third-order valence-corrected chi connectivity index (χ3v) is 4.49. The van der Waals surface area contributed by atoms with Crippen molar-refractivity contribution in [3.05, 3.63) is 29.0 Å². The van der Waals surface area contributed by atoms with Gasteiger partial charge in [-0.25, -0.2) is 4.39 Å². The fourth-order valence-corrected chi connectivity index (χ4v) is 2.88. The normalized spacial score (nSPS) is 26.3. The van der Waals surface area contributed by atoms with Crippen molar-refractivity contribution in [2.75, 3.05) is 11.4 Å². The number of benzene rings is 1. The summed E-state index contributed by atoms with van der Waals surface area (Å²) in [6.45, 7) is 0.345. The third kappa shape index (κ3) is 3.01. The van der Waals surface area contributed by atoms with E-state index in [4.69, 9.17) is 16.7 Å². The van der Waals surface area contributed by atoms with Gasteiger partial charge in [0.2, 0.25) is 11.8 Å². The molecule has 0 radical (unpaired) electrons. The lowest BCUT2D eigenvalue weighted by Gasteiger charge is -2.17. The summed E-state index contributed by atoms with van der Waals surface area (Å²) < 4.78 is 13.5. The number of carbonyl (C=O) groups excluding carboxylic acids is 2. The Morgan fingerprint density at radius 3 is 2.70 bits per heavy atom. The number of hydrogen-bond acceptors (Lipinski definition) is 3. The Hall–Kier alpha value is -2.15. The summed E-state index contributed by atoms with van der Waals surface area (Å²) in [5.41, 5.74) is 0.378. The van der Waals surface area contributed by atoms with Crippen LogP contribution in [-0.2, 0) is 14.4 Å². The second-order valence-corrected chi connectivity index (χ2v) is 6.13. The van der Waals surface area contributed by atoms with Gasteiger partial charge in [0.25, 0.3) is 0 Å². The molecule has 0 bridgehead atoms. The largest absolute Gasteiger partial charge is 0.481 e. The van der Waals surface area contributed by atoms with Gasteiger partial charge in [-0.3, -0.25) is 14.4 Å². The van der Waals surface area contributed by atoms with Gasteiger partial charge in [-0.05, 0) is 31.0 Å². The minimum atomic E-state index is -0.999. The second-order valence-electron chi connectivity index (χ2n) is 5.73. The molecular formula is C15H14ClFN2O4. The monoisotopic (exact) mass is 340 g/mol. The minimum absolute atomic E-state index is 0.0290. The Balaban J connectivity index is 1.64. The zero-order valence-electron chi connectivity index (χ0n) is 12.0. The van der Waals surface area contributed by atoms with Gasteiger partial charge in [0.05, 0.1) is 16.9 Å². The van der Waals surface area contributed by atoms with E-state index in [-0.39, 0.29) is 10.9 Å². The first-order valence-corrected chi connectivity index (χ1v) is 7.56. The molecule has 1 aliphatic heterocycles. The number of carbonyl (C=O) groups is 3. The van der Waals surface area contributed by atoms with E-state index in [1.165, 1.54) is 23.1 Å². The van der Waals surface area contributed by atoms with Crippen LogP contribution in [0, 0.1) is 17.7 Å². The fourth-order valence-electron chi connectivity index (χ4n) is 2.76. The molecule has 0 spiro atoms. The van der Waals surface area contributed by atoms with Crippen LogP contribution >= 0.6 is 11.6 Å². The van der Waals surface area contributed by atoms with E-state index in [9.17, 15) is 18.8 Å². The minimum Gasteiger partial charge on any atom is -0.481 e. The first kappa shape index (κ1) is 15.7. The number of hydrogen-bond donors (Lipinski definition) is 2. The molecule has 6 nitrogen and oxygen atoms in total. The van der Waals surface area contributed by atoms with Crippen LogP contribution in [0.15, 0.2) is 18.2 Å². The van der Waals surface area contributed by atoms with Crippen LogP contribution in [0.2, 0.25) is 5.02 Å². The first-order chi connectivity index (χ1) is 10.9. The van der Waals surface area contributed by atoms with E-state index in [0.717, 1.165) is 0 Å². The highest BCUT2D eigenvalue weighted by Gasteiger charge is 2.49. The van der Waals surface area contributed by atoms with Crippen molar-refractivity contribution in [1.29, 1.82) is 0 Å². The van der Waals surface area contributed by atoms with Crippen molar-refractivity contribution in [2.24, 2.45) is 11.8 Å². The molecule has 1 heterocycles. The van der Waals surface area contributed by atoms with Gasteiger partial charge in [-0.2, -0.15) is 0 Å². The summed E-state index contributed by atoms with van der Waals surface area (Å²) in [6.07, 6.45) is 0.688. The van der Waals surface area contributed by atoms with Crippen molar-refractivity contribution >= 4 is 35.1 Å². The molecule has 8 heteroatoms. The van der Waals surface area contributed by atoms with Crippen molar-refractivity contribution in [1.82, 2.24) is 5.32 Å². The molecule has 1 aromatic rings. The van der Waals surface area contributed by atoms with Crippen molar-refractivity contribution in [2.45, 2.75) is 18.9 Å². The molecule has 2 N–H and O–H groups in total. The summed E-state index contributed by atoms with van der Waals surface area (Å²) >= 11 is 5.62. The topological polar surface area (TPSA) is 86.7 Å². The van der Waals surface area contributed by atoms with Crippen LogP contribution in [0.4, 0.5) is 10.1 Å². The number of nitrogens with one attached hydrogen (secondary N) is 1. The SMILES string of the molecule is O=C(O)C1CC1C(=O)NC1CCN(c2ccc(Cl)c(F)c2)C1=O. The molecule has 3 atom stereocenters. The molecule has 0 aromatic heterocycles. The molecule has 1 aromatic carbocycles. The Morgan fingerprint density at radius 1 is 1.35 bits per heavy atom. The highest BCUT2D eigenvalue weighted by Crippen LogP contribution is 2.39. The second kappa shape index (κ2) is 5.81. The molecule has 1 aliphatic carbocycles. The average molecular weight is 341 g/mol. The number of nitrogens with zero attached hydrogens (tertiary/aromatic N) is 1. The van der Waals surface area contributed by atoms with E-state index in [0.29, 0.717) is 25.1 Å². The van der Waals surface area contributed by atoms with Crippen LogP contribution in [-0.4, -0.2) is 35.5 Å². The van der Waals surface area contributed by atoms with E-state index in [1.807, 2.05) is 0 Å². The summed E-state index contributed by atoms with van der Waals surface area (Å²) in [6, 6.07) is 3.37. The first-order valence-electron chi connectivity index (χ1n) is 7.18. The molecule has 122 valence electrons. The number of carboxylic acids is 1. The zero-order chi connectivity index (χ0) is 16.7. The van der Waals surface area contributed by atoms with E-state index < -0.39 is 35.6 Å². The van der Waals surface area contributed by atoms with E-state index >= 15 is 0 Å². The van der Waals surface area contributed by atoms with Gasteiger partial charge in [-0.1, -0.05) is 11.6 Å². The third-order valence-electron chi connectivity index (χ3n) is 4.18. The predicted molar refractivity (Wildman–Crippen MR) is 79.5 cm³/mol. The van der Waals surface area contributed by atoms with Crippen LogP contribution in [0.5, 0.6) is 0 Å². The Morgan fingerprint density at radius 2 is 2.09 bits per heavy atom. The standard InChI is InChI=1S/C15H14ClFN2O4/c16-10-2-1-7(5-11(10)17)19-4-3-12(14(19)21)18-13(20)8-6-9(8)15(22)23/h1-2,5,8-9,12H,3-4,6H2,(H,18,20)(H,22,23).